The molecule has 1 atom stereocenters. The molecule has 0 aromatic heterocycles. The Bertz CT molecular complexity index is 419. The fourth-order valence-corrected chi connectivity index (χ4v) is 2.60. The maximum Gasteiger partial charge on any atom is 0.253 e. The molecule has 1 saturated heterocycles. The van der Waals surface area contributed by atoms with Crippen LogP contribution in [0.25, 0.3) is 0 Å². The van der Waals surface area contributed by atoms with Crippen molar-refractivity contribution in [1.82, 2.24) is 10.6 Å². The number of halogens is 2. The Kier molecular flexibility index (Phi) is 4.64. The van der Waals surface area contributed by atoms with Crippen molar-refractivity contribution in [3.8, 4) is 0 Å². The zero-order valence-electron chi connectivity index (χ0n) is 9.30. The number of nitrogens with one attached hydrogen (secondary N) is 2. The van der Waals surface area contributed by atoms with E-state index in [-0.39, 0.29) is 11.9 Å². The van der Waals surface area contributed by atoms with Crippen molar-refractivity contribution >= 4 is 40.1 Å². The number of amides is 1. The lowest BCUT2D eigenvalue weighted by molar-refractivity contribution is 0.0931. The molecule has 5 heteroatoms. The highest BCUT2D eigenvalue weighted by Gasteiger charge is 2.17. The van der Waals surface area contributed by atoms with Gasteiger partial charge < -0.3 is 10.6 Å². The zero-order valence-corrected chi connectivity index (χ0v) is 12.2. The number of hydrogen-bond acceptors (Lipinski definition) is 2. The summed E-state index contributed by atoms with van der Waals surface area (Å²) in [5.74, 6) is -0.0813. The molecule has 1 heterocycles. The van der Waals surface area contributed by atoms with Gasteiger partial charge >= 0.3 is 0 Å². The molecule has 17 heavy (non-hydrogen) atoms. The van der Waals surface area contributed by atoms with Gasteiger partial charge in [0.25, 0.3) is 5.91 Å². The number of carbonyl (C=O) groups excluding carboxylic acids is 1. The topological polar surface area (TPSA) is 41.1 Å². The summed E-state index contributed by atoms with van der Waals surface area (Å²) in [5, 5.41) is 6.79. The average molecular weight is 365 g/mol. The minimum absolute atomic E-state index is 0.0813. The third-order valence-electron chi connectivity index (χ3n) is 2.81. The Morgan fingerprint density at radius 2 is 2.35 bits per heavy atom. The van der Waals surface area contributed by atoms with Gasteiger partial charge in [0.15, 0.2) is 0 Å². The van der Waals surface area contributed by atoms with Crippen molar-refractivity contribution in [1.29, 1.82) is 0 Å². The SMILES string of the molecule is O=C(N[C@H]1CCCNC1)c1cc(I)ccc1Cl. The summed E-state index contributed by atoms with van der Waals surface area (Å²) in [6, 6.07) is 5.68. The summed E-state index contributed by atoms with van der Waals surface area (Å²) >= 11 is 8.20. The molecule has 0 bridgehead atoms. The fraction of sp³-hybridized carbons (Fsp3) is 0.417. The van der Waals surface area contributed by atoms with Crippen LogP contribution in [0, 0.1) is 3.57 Å². The Hall–Kier alpha value is -0.330. The third kappa shape index (κ3) is 3.56. The summed E-state index contributed by atoms with van der Waals surface area (Å²) in [6.07, 6.45) is 2.13. The van der Waals surface area contributed by atoms with Crippen LogP contribution in [-0.2, 0) is 0 Å². The van der Waals surface area contributed by atoms with Crippen molar-refractivity contribution in [3.05, 3.63) is 32.4 Å². The van der Waals surface area contributed by atoms with E-state index in [1.807, 2.05) is 12.1 Å². The van der Waals surface area contributed by atoms with E-state index in [1.54, 1.807) is 6.07 Å². The predicted molar refractivity (Wildman–Crippen MR) is 77.5 cm³/mol. The molecule has 1 aliphatic heterocycles. The molecule has 92 valence electrons. The third-order valence-corrected chi connectivity index (χ3v) is 3.81. The van der Waals surface area contributed by atoms with Crippen LogP contribution in [-0.4, -0.2) is 25.0 Å². The Labute approximate surface area is 119 Å². The van der Waals surface area contributed by atoms with E-state index in [9.17, 15) is 4.79 Å². The smallest absolute Gasteiger partial charge is 0.253 e. The van der Waals surface area contributed by atoms with Crippen LogP contribution in [0.2, 0.25) is 5.02 Å². The van der Waals surface area contributed by atoms with E-state index in [4.69, 9.17) is 11.6 Å². The quantitative estimate of drug-likeness (QED) is 0.792. The van der Waals surface area contributed by atoms with Crippen LogP contribution in [0.3, 0.4) is 0 Å². The number of rotatable bonds is 2. The summed E-state index contributed by atoms with van der Waals surface area (Å²) < 4.78 is 1.01. The van der Waals surface area contributed by atoms with Gasteiger partial charge in [-0.1, -0.05) is 11.6 Å². The molecule has 1 aliphatic rings. The molecule has 1 aromatic carbocycles. The summed E-state index contributed by atoms with van der Waals surface area (Å²) in [6.45, 7) is 1.88. The first-order valence-corrected chi connectivity index (χ1v) is 7.09. The van der Waals surface area contributed by atoms with Crippen molar-refractivity contribution in [2.24, 2.45) is 0 Å². The lowest BCUT2D eigenvalue weighted by atomic mass is 10.1. The summed E-state index contributed by atoms with van der Waals surface area (Å²) in [4.78, 5) is 12.1. The number of carbonyl (C=O) groups is 1. The standard InChI is InChI=1S/C12H14ClIN2O/c13-11-4-3-8(14)6-10(11)12(17)16-9-2-1-5-15-7-9/h3-4,6,9,15H,1-2,5,7H2,(H,16,17)/t9-/m0/s1. The van der Waals surface area contributed by atoms with E-state index in [2.05, 4.69) is 33.2 Å². The number of benzene rings is 1. The lowest BCUT2D eigenvalue weighted by Crippen LogP contribution is -2.45. The van der Waals surface area contributed by atoms with Crippen molar-refractivity contribution in [3.63, 3.8) is 0 Å². The normalized spacial score (nSPS) is 20.0. The summed E-state index contributed by atoms with van der Waals surface area (Å²) in [7, 11) is 0. The molecule has 1 fully saturated rings. The van der Waals surface area contributed by atoms with Gasteiger partial charge in [0.2, 0.25) is 0 Å². The van der Waals surface area contributed by atoms with Gasteiger partial charge in [0, 0.05) is 16.2 Å². The molecule has 0 radical (unpaired) electrons. The highest BCUT2D eigenvalue weighted by atomic mass is 127. The van der Waals surface area contributed by atoms with E-state index in [0.717, 1.165) is 29.5 Å². The molecule has 0 unspecified atom stereocenters. The van der Waals surface area contributed by atoms with Gasteiger partial charge in [-0.2, -0.15) is 0 Å². The largest absolute Gasteiger partial charge is 0.348 e. The van der Waals surface area contributed by atoms with Crippen LogP contribution in [0.1, 0.15) is 23.2 Å². The Morgan fingerprint density at radius 3 is 3.06 bits per heavy atom. The van der Waals surface area contributed by atoms with Crippen LogP contribution in [0.5, 0.6) is 0 Å². The minimum atomic E-state index is -0.0813. The first-order valence-electron chi connectivity index (χ1n) is 5.63. The Morgan fingerprint density at radius 1 is 1.53 bits per heavy atom. The molecular weight excluding hydrogens is 351 g/mol. The predicted octanol–water partition coefficient (Wildman–Crippen LogP) is 2.43. The molecule has 1 aromatic rings. The van der Waals surface area contributed by atoms with Gasteiger partial charge in [-0.25, -0.2) is 0 Å². The van der Waals surface area contributed by atoms with Crippen LogP contribution < -0.4 is 10.6 Å². The van der Waals surface area contributed by atoms with Crippen LogP contribution in [0.15, 0.2) is 18.2 Å². The van der Waals surface area contributed by atoms with E-state index in [1.165, 1.54) is 0 Å². The zero-order chi connectivity index (χ0) is 12.3. The fourth-order valence-electron chi connectivity index (χ4n) is 1.91. The van der Waals surface area contributed by atoms with Crippen LogP contribution in [0.4, 0.5) is 0 Å². The molecular formula is C12H14ClIN2O. The maximum atomic E-state index is 12.1. The monoisotopic (exact) mass is 364 g/mol. The average Bonchev–Trinajstić information content (AvgIpc) is 2.33. The second-order valence-electron chi connectivity index (χ2n) is 4.14. The highest BCUT2D eigenvalue weighted by molar-refractivity contribution is 14.1. The van der Waals surface area contributed by atoms with E-state index in [0.29, 0.717) is 10.6 Å². The summed E-state index contributed by atoms with van der Waals surface area (Å²) in [5.41, 5.74) is 0.559. The molecule has 0 aliphatic carbocycles. The van der Waals surface area contributed by atoms with Crippen molar-refractivity contribution in [2.75, 3.05) is 13.1 Å². The minimum Gasteiger partial charge on any atom is -0.348 e. The first-order chi connectivity index (χ1) is 8.16. The van der Waals surface area contributed by atoms with Gasteiger partial charge in [0.05, 0.1) is 10.6 Å². The number of piperidine rings is 1. The van der Waals surface area contributed by atoms with Crippen LogP contribution >= 0.6 is 34.2 Å². The second kappa shape index (κ2) is 6.02. The lowest BCUT2D eigenvalue weighted by Gasteiger charge is -2.24. The molecule has 2 N–H and O–H groups in total. The molecule has 2 rings (SSSR count). The molecule has 0 spiro atoms. The maximum absolute atomic E-state index is 12.1. The Balaban J connectivity index is 2.05. The molecule has 1 amide bonds. The second-order valence-corrected chi connectivity index (χ2v) is 5.79. The van der Waals surface area contributed by atoms with E-state index < -0.39 is 0 Å². The van der Waals surface area contributed by atoms with Gasteiger partial charge in [0.1, 0.15) is 0 Å². The van der Waals surface area contributed by atoms with Crippen molar-refractivity contribution < 1.29 is 4.79 Å². The highest BCUT2D eigenvalue weighted by Crippen LogP contribution is 2.19. The number of hydrogen-bond donors (Lipinski definition) is 2. The van der Waals surface area contributed by atoms with Crippen molar-refractivity contribution in [2.45, 2.75) is 18.9 Å². The molecule has 3 nitrogen and oxygen atoms in total. The van der Waals surface area contributed by atoms with Gasteiger partial charge in [-0.3, -0.25) is 4.79 Å². The van der Waals surface area contributed by atoms with E-state index >= 15 is 0 Å². The first kappa shape index (κ1) is 13.1. The van der Waals surface area contributed by atoms with Gasteiger partial charge in [-0.05, 0) is 60.2 Å². The van der Waals surface area contributed by atoms with Gasteiger partial charge in [-0.15, -0.1) is 0 Å². The molecule has 0 saturated carbocycles.